The topological polar surface area (TPSA) is 61.8 Å². The first-order valence-corrected chi connectivity index (χ1v) is 7.06. The van der Waals surface area contributed by atoms with Gasteiger partial charge in [0.25, 0.3) is 0 Å². The van der Waals surface area contributed by atoms with Gasteiger partial charge in [0, 0.05) is 5.56 Å². The molecule has 1 aromatic heterocycles. The molecule has 1 N–H and O–H groups in total. The molecule has 0 saturated heterocycles. The van der Waals surface area contributed by atoms with Gasteiger partial charge in [0.1, 0.15) is 11.9 Å². The number of fused-ring (bicyclic) bond motifs is 1. The van der Waals surface area contributed by atoms with Crippen LogP contribution in [0.1, 0.15) is 35.9 Å². The van der Waals surface area contributed by atoms with E-state index < -0.39 is 6.10 Å². The molecule has 0 spiro atoms. The lowest BCUT2D eigenvalue weighted by atomic mass is 9.93. The lowest BCUT2D eigenvalue weighted by Crippen LogP contribution is -2.13. The average Bonchev–Trinajstić information content (AvgIpc) is 2.82. The minimum absolute atomic E-state index is 0.322. The van der Waals surface area contributed by atoms with Crippen molar-refractivity contribution in [3.8, 4) is 11.8 Å². The highest BCUT2D eigenvalue weighted by Crippen LogP contribution is 2.33. The van der Waals surface area contributed by atoms with Crippen LogP contribution in [0.15, 0.2) is 22.7 Å². The van der Waals surface area contributed by atoms with Gasteiger partial charge in [0.15, 0.2) is 5.69 Å². The minimum atomic E-state index is -0.642. The van der Waals surface area contributed by atoms with E-state index in [1.54, 1.807) is 16.8 Å². The van der Waals surface area contributed by atoms with Crippen LogP contribution in [0, 0.1) is 17.1 Å². The number of hydrogen-bond donors (Lipinski definition) is 1. The van der Waals surface area contributed by atoms with Crippen LogP contribution >= 0.6 is 15.9 Å². The third-order valence-electron chi connectivity index (χ3n) is 3.50. The number of hydrogen-bond acceptors (Lipinski definition) is 3. The minimum Gasteiger partial charge on any atom is -0.387 e. The Kier molecular flexibility index (Phi) is 3.32. The number of nitriles is 1. The Labute approximate surface area is 123 Å². The van der Waals surface area contributed by atoms with E-state index in [-0.39, 0.29) is 5.82 Å². The van der Waals surface area contributed by atoms with E-state index in [0.29, 0.717) is 28.0 Å². The smallest absolute Gasteiger partial charge is 0.166 e. The van der Waals surface area contributed by atoms with Crippen molar-refractivity contribution in [2.45, 2.75) is 25.4 Å². The third kappa shape index (κ3) is 2.03. The predicted octanol–water partition coefficient (Wildman–Crippen LogP) is 3.02. The Balaban J connectivity index is 2.21. The SMILES string of the molecule is N#Cc1nn(-c2ccc(F)c(Br)c2)c2c1CCCC2O. The second-order valence-corrected chi connectivity index (χ2v) is 5.60. The summed E-state index contributed by atoms with van der Waals surface area (Å²) in [5.41, 5.74) is 2.40. The van der Waals surface area contributed by atoms with Crippen LogP contribution in [-0.2, 0) is 6.42 Å². The van der Waals surface area contributed by atoms with Gasteiger partial charge in [0.2, 0.25) is 0 Å². The number of nitrogens with zero attached hydrogens (tertiary/aromatic N) is 3. The van der Waals surface area contributed by atoms with E-state index in [1.807, 2.05) is 0 Å². The van der Waals surface area contributed by atoms with Crippen LogP contribution in [0.25, 0.3) is 5.69 Å². The summed E-state index contributed by atoms with van der Waals surface area (Å²) >= 11 is 3.13. The molecule has 1 aliphatic carbocycles. The van der Waals surface area contributed by atoms with Crippen LogP contribution in [-0.4, -0.2) is 14.9 Å². The van der Waals surface area contributed by atoms with Crippen LogP contribution in [0.4, 0.5) is 4.39 Å². The normalized spacial score (nSPS) is 17.6. The zero-order valence-electron chi connectivity index (χ0n) is 10.5. The molecule has 1 aromatic carbocycles. The molecule has 1 heterocycles. The maximum Gasteiger partial charge on any atom is 0.166 e. The molecule has 0 radical (unpaired) electrons. The first-order valence-electron chi connectivity index (χ1n) is 6.27. The van der Waals surface area contributed by atoms with E-state index in [1.165, 1.54) is 6.07 Å². The standard InChI is InChI=1S/C14H11BrFN3O/c15-10-6-8(4-5-11(10)16)19-14-9(12(7-17)18-19)2-1-3-13(14)20/h4-6,13,20H,1-3H2. The fourth-order valence-electron chi connectivity index (χ4n) is 2.56. The van der Waals surface area contributed by atoms with Crippen LogP contribution < -0.4 is 0 Å². The first-order chi connectivity index (χ1) is 9.61. The zero-order valence-corrected chi connectivity index (χ0v) is 12.1. The molecule has 0 bridgehead atoms. The van der Waals surface area contributed by atoms with E-state index >= 15 is 0 Å². The number of halogens is 2. The molecule has 2 aromatic rings. The van der Waals surface area contributed by atoms with Gasteiger partial charge in [-0.25, -0.2) is 9.07 Å². The molecule has 6 heteroatoms. The largest absolute Gasteiger partial charge is 0.387 e. The Hall–Kier alpha value is -1.71. The van der Waals surface area contributed by atoms with E-state index in [0.717, 1.165) is 18.4 Å². The van der Waals surface area contributed by atoms with Gasteiger partial charge in [-0.3, -0.25) is 0 Å². The van der Waals surface area contributed by atoms with Crippen molar-refractivity contribution in [2.24, 2.45) is 0 Å². The Morgan fingerprint density at radius 3 is 3.00 bits per heavy atom. The molecule has 20 heavy (non-hydrogen) atoms. The van der Waals surface area contributed by atoms with Gasteiger partial charge in [-0.2, -0.15) is 10.4 Å². The summed E-state index contributed by atoms with van der Waals surface area (Å²) < 4.78 is 15.2. The second kappa shape index (κ2) is 5.00. The van der Waals surface area contributed by atoms with Gasteiger partial charge in [-0.1, -0.05) is 0 Å². The summed E-state index contributed by atoms with van der Waals surface area (Å²) in [6.07, 6.45) is 1.57. The van der Waals surface area contributed by atoms with Crippen molar-refractivity contribution in [1.29, 1.82) is 5.26 Å². The van der Waals surface area contributed by atoms with Crippen molar-refractivity contribution in [3.63, 3.8) is 0 Å². The molecule has 0 aliphatic heterocycles. The summed E-state index contributed by atoms with van der Waals surface area (Å²) in [6.45, 7) is 0. The Morgan fingerprint density at radius 1 is 1.50 bits per heavy atom. The lowest BCUT2D eigenvalue weighted by molar-refractivity contribution is 0.149. The fraction of sp³-hybridized carbons (Fsp3) is 0.286. The molecule has 3 rings (SSSR count). The average molecular weight is 336 g/mol. The molecular formula is C14H11BrFN3O. The maximum absolute atomic E-state index is 13.3. The summed E-state index contributed by atoms with van der Waals surface area (Å²) in [7, 11) is 0. The molecule has 4 nitrogen and oxygen atoms in total. The van der Waals surface area contributed by atoms with Crippen molar-refractivity contribution < 1.29 is 9.50 Å². The monoisotopic (exact) mass is 335 g/mol. The molecule has 102 valence electrons. The van der Waals surface area contributed by atoms with Crippen LogP contribution in [0.2, 0.25) is 0 Å². The van der Waals surface area contributed by atoms with Crippen molar-refractivity contribution in [3.05, 3.63) is 45.4 Å². The highest BCUT2D eigenvalue weighted by Gasteiger charge is 2.27. The summed E-state index contributed by atoms with van der Waals surface area (Å²) in [4.78, 5) is 0. The fourth-order valence-corrected chi connectivity index (χ4v) is 2.93. The van der Waals surface area contributed by atoms with Crippen molar-refractivity contribution >= 4 is 15.9 Å². The quantitative estimate of drug-likeness (QED) is 0.871. The Bertz CT molecular complexity index is 720. The van der Waals surface area contributed by atoms with Gasteiger partial charge in [-0.15, -0.1) is 0 Å². The first kappa shape index (κ1) is 13.3. The number of aromatic nitrogens is 2. The molecule has 1 unspecified atom stereocenters. The van der Waals surface area contributed by atoms with Gasteiger partial charge < -0.3 is 5.11 Å². The molecule has 0 saturated carbocycles. The third-order valence-corrected chi connectivity index (χ3v) is 4.10. The van der Waals surface area contributed by atoms with Crippen LogP contribution in [0.3, 0.4) is 0 Å². The molecule has 0 fully saturated rings. The molecule has 1 atom stereocenters. The Morgan fingerprint density at radius 2 is 2.30 bits per heavy atom. The van der Waals surface area contributed by atoms with Gasteiger partial charge >= 0.3 is 0 Å². The number of aliphatic hydroxyl groups is 1. The van der Waals surface area contributed by atoms with Gasteiger partial charge in [-0.05, 0) is 53.4 Å². The summed E-state index contributed by atoms with van der Waals surface area (Å²) in [6, 6.07) is 6.56. The maximum atomic E-state index is 13.3. The van der Waals surface area contributed by atoms with Gasteiger partial charge in [0.05, 0.1) is 22.0 Å². The number of rotatable bonds is 1. The predicted molar refractivity (Wildman–Crippen MR) is 73.8 cm³/mol. The van der Waals surface area contributed by atoms with E-state index in [9.17, 15) is 9.50 Å². The zero-order chi connectivity index (χ0) is 14.3. The van der Waals surface area contributed by atoms with Crippen molar-refractivity contribution in [2.75, 3.05) is 0 Å². The second-order valence-electron chi connectivity index (χ2n) is 4.74. The van der Waals surface area contributed by atoms with E-state index in [2.05, 4.69) is 27.1 Å². The van der Waals surface area contributed by atoms with Crippen molar-refractivity contribution in [1.82, 2.24) is 9.78 Å². The summed E-state index contributed by atoms with van der Waals surface area (Å²) in [5, 5.41) is 23.6. The molecular weight excluding hydrogens is 325 g/mol. The summed E-state index contributed by atoms with van der Waals surface area (Å²) in [5.74, 6) is -0.365. The lowest BCUT2D eigenvalue weighted by Gasteiger charge is -2.19. The van der Waals surface area contributed by atoms with E-state index in [4.69, 9.17) is 5.26 Å². The number of aliphatic hydroxyl groups excluding tert-OH is 1. The highest BCUT2D eigenvalue weighted by atomic mass is 79.9. The molecule has 1 aliphatic rings. The van der Waals surface area contributed by atoms with Crippen LogP contribution in [0.5, 0.6) is 0 Å². The molecule has 0 amide bonds. The number of benzene rings is 1. The highest BCUT2D eigenvalue weighted by molar-refractivity contribution is 9.10.